The predicted molar refractivity (Wildman–Crippen MR) is 74.7 cm³/mol. The van der Waals surface area contributed by atoms with Gasteiger partial charge in [0.1, 0.15) is 11.3 Å². The van der Waals surface area contributed by atoms with Crippen LogP contribution >= 0.6 is 0 Å². The maximum Gasteiger partial charge on any atom is 0.145 e. The van der Waals surface area contributed by atoms with Gasteiger partial charge in [-0.25, -0.2) is 4.98 Å². The molecular weight excluding hydrogens is 226 g/mol. The van der Waals surface area contributed by atoms with Gasteiger partial charge in [0.05, 0.1) is 12.3 Å². The summed E-state index contributed by atoms with van der Waals surface area (Å²) in [7, 11) is 0. The van der Waals surface area contributed by atoms with Gasteiger partial charge in [0.2, 0.25) is 0 Å². The van der Waals surface area contributed by atoms with Crippen molar-refractivity contribution >= 4 is 16.6 Å². The minimum absolute atomic E-state index is 0.629. The van der Waals surface area contributed by atoms with Gasteiger partial charge in [0.25, 0.3) is 0 Å². The first-order valence-corrected chi connectivity index (χ1v) is 6.32. The Morgan fingerprint density at radius 1 is 1.33 bits per heavy atom. The molecule has 0 aliphatic heterocycles. The molecule has 0 aliphatic carbocycles. The molecule has 1 aromatic heterocycles. The number of rotatable bonds is 5. The number of aromatic nitrogens is 1. The van der Waals surface area contributed by atoms with Crippen LogP contribution in [0.15, 0.2) is 24.3 Å². The minimum Gasteiger partial charge on any atom is -0.492 e. The van der Waals surface area contributed by atoms with Crippen LogP contribution in [0.3, 0.4) is 0 Å². The number of hydrogen-bond donors (Lipinski definition) is 2. The number of aryl methyl sites for hydroxylation is 1. The zero-order valence-electron chi connectivity index (χ0n) is 10.9. The molecule has 0 saturated carbocycles. The van der Waals surface area contributed by atoms with E-state index in [-0.39, 0.29) is 0 Å². The quantitative estimate of drug-likeness (QED) is 0.628. The molecule has 1 aromatic carbocycles. The number of pyridine rings is 1. The number of nitrogens with one attached hydrogen (secondary N) is 1. The summed E-state index contributed by atoms with van der Waals surface area (Å²) in [6.07, 6.45) is 1.99. The fraction of sp³-hybridized carbons (Fsp3) is 0.357. The lowest BCUT2D eigenvalue weighted by molar-refractivity contribution is 0.343. The molecule has 0 aliphatic rings. The molecular formula is C14H19N3O. The largest absolute Gasteiger partial charge is 0.492 e. The molecule has 96 valence electrons. The van der Waals surface area contributed by atoms with E-state index in [9.17, 15) is 0 Å². The van der Waals surface area contributed by atoms with E-state index in [0.717, 1.165) is 40.9 Å². The van der Waals surface area contributed by atoms with Crippen LogP contribution in [0, 0.1) is 0 Å². The number of ether oxygens (including phenoxy) is 1. The summed E-state index contributed by atoms with van der Waals surface area (Å²) in [4.78, 5) is 4.67. The SMILES string of the molecule is CCCc1cc(NN)c2cccc(OCC)c2n1. The standard InChI is InChI=1S/C14H19N3O/c1-3-6-10-9-12(17-15)11-7-5-8-13(18-4-2)14(11)16-10/h5,7-9H,3-4,6,15H2,1-2H3,(H,16,17). The number of nitrogens with two attached hydrogens (primary N) is 1. The maximum absolute atomic E-state index is 5.62. The van der Waals surface area contributed by atoms with Gasteiger partial charge < -0.3 is 10.2 Å². The fourth-order valence-electron chi connectivity index (χ4n) is 2.05. The monoisotopic (exact) mass is 245 g/mol. The number of hydrazine groups is 1. The van der Waals surface area contributed by atoms with E-state index >= 15 is 0 Å². The molecule has 1 heterocycles. The first-order valence-electron chi connectivity index (χ1n) is 6.32. The Kier molecular flexibility index (Phi) is 3.99. The number of fused-ring (bicyclic) bond motifs is 1. The second-order valence-corrected chi connectivity index (χ2v) is 4.14. The van der Waals surface area contributed by atoms with Gasteiger partial charge in [-0.2, -0.15) is 0 Å². The lowest BCUT2D eigenvalue weighted by atomic mass is 10.1. The van der Waals surface area contributed by atoms with Crippen molar-refractivity contribution in [3.8, 4) is 5.75 Å². The van der Waals surface area contributed by atoms with Crippen LogP contribution in [0.5, 0.6) is 5.75 Å². The van der Waals surface area contributed by atoms with E-state index in [2.05, 4.69) is 17.3 Å². The van der Waals surface area contributed by atoms with Crippen LogP contribution < -0.4 is 16.0 Å². The van der Waals surface area contributed by atoms with E-state index in [4.69, 9.17) is 10.6 Å². The second-order valence-electron chi connectivity index (χ2n) is 4.14. The number of nitrogen functional groups attached to an aromatic ring is 1. The molecule has 0 atom stereocenters. The second kappa shape index (κ2) is 5.69. The van der Waals surface area contributed by atoms with Gasteiger partial charge in [0.15, 0.2) is 0 Å². The van der Waals surface area contributed by atoms with E-state index in [1.54, 1.807) is 0 Å². The first kappa shape index (κ1) is 12.6. The highest BCUT2D eigenvalue weighted by Gasteiger charge is 2.09. The molecule has 2 aromatic rings. The van der Waals surface area contributed by atoms with E-state index < -0.39 is 0 Å². The average molecular weight is 245 g/mol. The molecule has 0 spiro atoms. The molecule has 2 rings (SSSR count). The summed E-state index contributed by atoms with van der Waals surface area (Å²) in [6, 6.07) is 7.89. The highest BCUT2D eigenvalue weighted by molar-refractivity contribution is 5.94. The number of hydrogen-bond acceptors (Lipinski definition) is 4. The highest BCUT2D eigenvalue weighted by Crippen LogP contribution is 2.30. The lowest BCUT2D eigenvalue weighted by Crippen LogP contribution is -2.09. The molecule has 4 nitrogen and oxygen atoms in total. The smallest absolute Gasteiger partial charge is 0.145 e. The predicted octanol–water partition coefficient (Wildman–Crippen LogP) is 2.87. The third-order valence-corrected chi connectivity index (χ3v) is 2.82. The van der Waals surface area contributed by atoms with Crippen molar-refractivity contribution in [1.82, 2.24) is 4.98 Å². The molecule has 3 N–H and O–H groups in total. The molecule has 0 amide bonds. The fourth-order valence-corrected chi connectivity index (χ4v) is 2.05. The van der Waals surface area contributed by atoms with Crippen LogP contribution in [0.25, 0.3) is 10.9 Å². The molecule has 0 bridgehead atoms. The normalized spacial score (nSPS) is 10.6. The van der Waals surface area contributed by atoms with Gasteiger partial charge in [0, 0.05) is 11.1 Å². The van der Waals surface area contributed by atoms with Crippen LogP contribution in [-0.2, 0) is 6.42 Å². The molecule has 0 unspecified atom stereocenters. The lowest BCUT2D eigenvalue weighted by Gasteiger charge is -2.12. The van der Waals surface area contributed by atoms with Gasteiger partial charge in [-0.15, -0.1) is 0 Å². The summed E-state index contributed by atoms with van der Waals surface area (Å²) < 4.78 is 5.62. The number of nitrogens with zero attached hydrogens (tertiary/aromatic N) is 1. The zero-order valence-corrected chi connectivity index (χ0v) is 10.9. The summed E-state index contributed by atoms with van der Waals surface area (Å²) in [5.41, 5.74) is 5.54. The number of para-hydroxylation sites is 1. The Morgan fingerprint density at radius 3 is 2.83 bits per heavy atom. The zero-order chi connectivity index (χ0) is 13.0. The Balaban J connectivity index is 2.63. The van der Waals surface area contributed by atoms with Gasteiger partial charge in [-0.3, -0.25) is 5.84 Å². The highest BCUT2D eigenvalue weighted by atomic mass is 16.5. The number of anilines is 1. The molecule has 18 heavy (non-hydrogen) atoms. The maximum atomic E-state index is 5.62. The van der Waals surface area contributed by atoms with Crippen molar-refractivity contribution < 1.29 is 4.74 Å². The van der Waals surface area contributed by atoms with Crippen LogP contribution in [-0.4, -0.2) is 11.6 Å². The number of benzene rings is 1. The van der Waals surface area contributed by atoms with E-state index in [0.29, 0.717) is 6.61 Å². The Hall–Kier alpha value is -1.81. The average Bonchev–Trinajstić information content (AvgIpc) is 2.39. The molecule has 0 fully saturated rings. The van der Waals surface area contributed by atoms with Gasteiger partial charge in [-0.1, -0.05) is 25.5 Å². The van der Waals surface area contributed by atoms with Crippen LogP contribution in [0.2, 0.25) is 0 Å². The summed E-state index contributed by atoms with van der Waals surface area (Å²) >= 11 is 0. The van der Waals surface area contributed by atoms with Gasteiger partial charge >= 0.3 is 0 Å². The Morgan fingerprint density at radius 2 is 2.17 bits per heavy atom. The third-order valence-electron chi connectivity index (χ3n) is 2.82. The molecule has 4 heteroatoms. The summed E-state index contributed by atoms with van der Waals surface area (Å²) in [5, 5.41) is 0.989. The van der Waals surface area contributed by atoms with E-state index in [1.165, 1.54) is 0 Å². The molecule has 0 saturated heterocycles. The van der Waals surface area contributed by atoms with Crippen LogP contribution in [0.4, 0.5) is 5.69 Å². The van der Waals surface area contributed by atoms with Gasteiger partial charge in [-0.05, 0) is 25.5 Å². The van der Waals surface area contributed by atoms with Crippen molar-refractivity contribution in [2.45, 2.75) is 26.7 Å². The Labute approximate surface area is 107 Å². The summed E-state index contributed by atoms with van der Waals surface area (Å²) in [5.74, 6) is 6.40. The third kappa shape index (κ3) is 2.38. The molecule has 0 radical (unpaired) electrons. The topological polar surface area (TPSA) is 60.2 Å². The van der Waals surface area contributed by atoms with Crippen molar-refractivity contribution in [1.29, 1.82) is 0 Å². The van der Waals surface area contributed by atoms with Crippen molar-refractivity contribution in [3.63, 3.8) is 0 Å². The first-order chi connectivity index (χ1) is 8.80. The Bertz CT molecular complexity index is 540. The minimum atomic E-state index is 0.629. The van der Waals surface area contributed by atoms with Crippen molar-refractivity contribution in [3.05, 3.63) is 30.0 Å². The van der Waals surface area contributed by atoms with E-state index in [1.807, 2.05) is 31.2 Å². The van der Waals surface area contributed by atoms with Crippen molar-refractivity contribution in [2.24, 2.45) is 5.84 Å². The summed E-state index contributed by atoms with van der Waals surface area (Å²) in [6.45, 7) is 4.73. The van der Waals surface area contributed by atoms with Crippen LogP contribution in [0.1, 0.15) is 26.0 Å². The van der Waals surface area contributed by atoms with Crippen molar-refractivity contribution in [2.75, 3.05) is 12.0 Å².